The molecule has 0 radical (unpaired) electrons. The lowest BCUT2D eigenvalue weighted by Crippen LogP contribution is -2.15. The molecule has 0 saturated carbocycles. The quantitative estimate of drug-likeness (QED) is 0.911. The molecule has 7 heteroatoms. The van der Waals surface area contributed by atoms with Crippen molar-refractivity contribution in [1.29, 1.82) is 0 Å². The van der Waals surface area contributed by atoms with Crippen molar-refractivity contribution < 1.29 is 18.7 Å². The fourth-order valence-corrected chi connectivity index (χ4v) is 2.16. The number of ether oxygens (including phenoxy) is 2. The molecule has 0 atom stereocenters. The van der Waals surface area contributed by atoms with Crippen LogP contribution >= 0.6 is 0 Å². The Bertz CT molecular complexity index is 669. The number of nitrogens with one attached hydrogen (secondary N) is 1. The van der Waals surface area contributed by atoms with E-state index >= 15 is 0 Å². The summed E-state index contributed by atoms with van der Waals surface area (Å²) in [5.41, 5.74) is 0.972. The maximum absolute atomic E-state index is 11.5. The Kier molecular flexibility index (Phi) is 4.22. The Labute approximate surface area is 127 Å². The van der Waals surface area contributed by atoms with Crippen LogP contribution in [0.25, 0.3) is 0 Å². The summed E-state index contributed by atoms with van der Waals surface area (Å²) in [6.07, 6.45) is 1.66. The van der Waals surface area contributed by atoms with Crippen LogP contribution in [0, 0.1) is 0 Å². The van der Waals surface area contributed by atoms with Crippen molar-refractivity contribution in [3.8, 4) is 11.5 Å². The van der Waals surface area contributed by atoms with Crippen LogP contribution in [0.15, 0.2) is 22.6 Å². The van der Waals surface area contributed by atoms with Gasteiger partial charge in [-0.1, -0.05) is 18.1 Å². The summed E-state index contributed by atoms with van der Waals surface area (Å²) >= 11 is 0. The normalized spacial score (nSPS) is 13.0. The number of hydrogen-bond acceptors (Lipinski definition) is 6. The van der Waals surface area contributed by atoms with Gasteiger partial charge in [-0.05, 0) is 24.1 Å². The van der Waals surface area contributed by atoms with Crippen LogP contribution in [-0.4, -0.2) is 29.3 Å². The van der Waals surface area contributed by atoms with E-state index < -0.39 is 0 Å². The molecule has 7 nitrogen and oxygen atoms in total. The monoisotopic (exact) mass is 303 g/mol. The molecule has 0 fully saturated rings. The van der Waals surface area contributed by atoms with Crippen LogP contribution in [0.5, 0.6) is 11.5 Å². The topological polar surface area (TPSA) is 86.5 Å². The fourth-order valence-electron chi connectivity index (χ4n) is 2.16. The van der Waals surface area contributed by atoms with Gasteiger partial charge in [0.25, 0.3) is 0 Å². The zero-order valence-electron chi connectivity index (χ0n) is 12.3. The molecule has 1 aliphatic heterocycles. The Morgan fingerprint density at radius 3 is 2.86 bits per heavy atom. The van der Waals surface area contributed by atoms with E-state index in [0.29, 0.717) is 31.9 Å². The van der Waals surface area contributed by atoms with E-state index in [2.05, 4.69) is 15.5 Å². The first-order valence-corrected chi connectivity index (χ1v) is 7.25. The molecule has 1 aromatic carbocycles. The van der Waals surface area contributed by atoms with Gasteiger partial charge in [0.05, 0.1) is 6.42 Å². The van der Waals surface area contributed by atoms with Crippen LogP contribution in [0.1, 0.15) is 31.2 Å². The van der Waals surface area contributed by atoms with Gasteiger partial charge >= 0.3 is 6.01 Å². The van der Waals surface area contributed by atoms with Gasteiger partial charge < -0.3 is 13.9 Å². The largest absolute Gasteiger partial charge is 0.486 e. The number of benzene rings is 1. The van der Waals surface area contributed by atoms with Crippen LogP contribution in [0.4, 0.5) is 6.01 Å². The molecule has 0 spiro atoms. The van der Waals surface area contributed by atoms with Gasteiger partial charge in [0, 0.05) is 6.42 Å². The first kappa shape index (κ1) is 14.4. The summed E-state index contributed by atoms with van der Waals surface area (Å²) in [4.78, 5) is 11.5. The number of amides is 1. The molecule has 0 aliphatic carbocycles. The van der Waals surface area contributed by atoms with Crippen LogP contribution in [-0.2, 0) is 11.2 Å². The minimum atomic E-state index is -0.128. The van der Waals surface area contributed by atoms with Gasteiger partial charge in [0.15, 0.2) is 11.5 Å². The molecule has 0 saturated heterocycles. The second-order valence-electron chi connectivity index (χ2n) is 4.95. The number of hydrogen-bond donors (Lipinski definition) is 1. The van der Waals surface area contributed by atoms with E-state index in [1.54, 1.807) is 0 Å². The summed E-state index contributed by atoms with van der Waals surface area (Å²) in [5, 5.41) is 10.3. The van der Waals surface area contributed by atoms with Crippen molar-refractivity contribution in [1.82, 2.24) is 10.2 Å². The molecule has 2 heterocycles. The molecule has 1 aliphatic rings. The van der Waals surface area contributed by atoms with E-state index in [-0.39, 0.29) is 11.9 Å². The van der Waals surface area contributed by atoms with Crippen molar-refractivity contribution in [2.75, 3.05) is 18.5 Å². The lowest BCUT2D eigenvalue weighted by molar-refractivity contribution is -0.116. The van der Waals surface area contributed by atoms with Crippen molar-refractivity contribution in [3.63, 3.8) is 0 Å². The van der Waals surface area contributed by atoms with Crippen molar-refractivity contribution in [2.24, 2.45) is 0 Å². The number of carbonyl (C=O) groups is 1. The highest BCUT2D eigenvalue weighted by Crippen LogP contribution is 2.31. The zero-order chi connectivity index (χ0) is 15.4. The standard InChI is InChI=1S/C15H17N3O4/c1-2-3-13(19)16-15-18-17-14(22-15)9-10-4-5-11-12(8-10)21-7-6-20-11/h4-5,8H,2-3,6-7,9H2,1H3,(H,16,18,19). The summed E-state index contributed by atoms with van der Waals surface area (Å²) in [6, 6.07) is 5.82. The smallest absolute Gasteiger partial charge is 0.322 e. The van der Waals surface area contributed by atoms with E-state index in [0.717, 1.165) is 23.5 Å². The molecular weight excluding hydrogens is 286 g/mol. The minimum absolute atomic E-state index is 0.128. The number of aromatic nitrogens is 2. The van der Waals surface area contributed by atoms with Crippen molar-refractivity contribution in [3.05, 3.63) is 29.7 Å². The third-order valence-corrected chi connectivity index (χ3v) is 3.15. The number of fused-ring (bicyclic) bond motifs is 1. The summed E-state index contributed by atoms with van der Waals surface area (Å²) in [7, 11) is 0. The van der Waals surface area contributed by atoms with Crippen LogP contribution in [0.2, 0.25) is 0 Å². The summed E-state index contributed by atoms with van der Waals surface area (Å²) in [5.74, 6) is 1.77. The van der Waals surface area contributed by atoms with Gasteiger partial charge in [-0.2, -0.15) is 0 Å². The molecule has 116 valence electrons. The van der Waals surface area contributed by atoms with E-state index in [1.807, 2.05) is 25.1 Å². The summed E-state index contributed by atoms with van der Waals surface area (Å²) < 4.78 is 16.4. The lowest BCUT2D eigenvalue weighted by atomic mass is 10.1. The third-order valence-electron chi connectivity index (χ3n) is 3.15. The molecule has 1 amide bonds. The number of carbonyl (C=O) groups excluding carboxylic acids is 1. The van der Waals surface area contributed by atoms with Crippen LogP contribution in [0.3, 0.4) is 0 Å². The number of anilines is 1. The first-order chi connectivity index (χ1) is 10.7. The van der Waals surface area contributed by atoms with Gasteiger partial charge in [-0.15, -0.1) is 5.10 Å². The van der Waals surface area contributed by atoms with Crippen LogP contribution < -0.4 is 14.8 Å². The van der Waals surface area contributed by atoms with Gasteiger partial charge in [0.2, 0.25) is 11.8 Å². The Balaban J connectivity index is 1.66. The average molecular weight is 303 g/mol. The average Bonchev–Trinajstić information content (AvgIpc) is 2.94. The fraction of sp³-hybridized carbons (Fsp3) is 0.400. The highest BCUT2D eigenvalue weighted by Gasteiger charge is 2.14. The van der Waals surface area contributed by atoms with E-state index in [4.69, 9.17) is 13.9 Å². The number of rotatable bonds is 5. The molecule has 3 rings (SSSR count). The Morgan fingerprint density at radius 1 is 1.23 bits per heavy atom. The minimum Gasteiger partial charge on any atom is -0.486 e. The van der Waals surface area contributed by atoms with E-state index in [1.165, 1.54) is 0 Å². The molecule has 2 aromatic rings. The zero-order valence-corrected chi connectivity index (χ0v) is 12.3. The highest BCUT2D eigenvalue weighted by molar-refractivity contribution is 5.88. The van der Waals surface area contributed by atoms with Crippen molar-refractivity contribution in [2.45, 2.75) is 26.2 Å². The Hall–Kier alpha value is -2.57. The second-order valence-corrected chi connectivity index (χ2v) is 4.95. The molecule has 0 unspecified atom stereocenters. The highest BCUT2D eigenvalue weighted by atomic mass is 16.6. The van der Waals surface area contributed by atoms with Crippen molar-refractivity contribution >= 4 is 11.9 Å². The van der Waals surface area contributed by atoms with E-state index in [9.17, 15) is 4.79 Å². The SMILES string of the molecule is CCCC(=O)Nc1nnc(Cc2ccc3c(c2)OCCO3)o1. The predicted molar refractivity (Wildman–Crippen MR) is 78.1 cm³/mol. The van der Waals surface area contributed by atoms with Gasteiger partial charge in [-0.25, -0.2) is 0 Å². The van der Waals surface area contributed by atoms with Gasteiger partial charge in [-0.3, -0.25) is 10.1 Å². The molecule has 1 N–H and O–H groups in total. The molecular formula is C15H17N3O4. The first-order valence-electron chi connectivity index (χ1n) is 7.25. The van der Waals surface area contributed by atoms with Gasteiger partial charge in [0.1, 0.15) is 13.2 Å². The second kappa shape index (κ2) is 6.46. The predicted octanol–water partition coefficient (Wildman–Crippen LogP) is 2.17. The maximum atomic E-state index is 11.5. The lowest BCUT2D eigenvalue weighted by Gasteiger charge is -2.18. The molecule has 0 bridgehead atoms. The summed E-state index contributed by atoms with van der Waals surface area (Å²) in [6.45, 7) is 3.04. The number of nitrogens with zero attached hydrogens (tertiary/aromatic N) is 2. The molecule has 1 aromatic heterocycles. The third kappa shape index (κ3) is 3.36. The molecule has 22 heavy (non-hydrogen) atoms. The maximum Gasteiger partial charge on any atom is 0.322 e. The Morgan fingerprint density at radius 2 is 2.05 bits per heavy atom.